The number of piperidine rings is 1. The first-order valence-electron chi connectivity index (χ1n) is 7.47. The highest BCUT2D eigenvalue weighted by atomic mass is 32.1. The van der Waals surface area contributed by atoms with Gasteiger partial charge in [0.2, 0.25) is 0 Å². The van der Waals surface area contributed by atoms with Crippen LogP contribution in [0, 0.1) is 0 Å². The van der Waals surface area contributed by atoms with Crippen molar-refractivity contribution in [3.63, 3.8) is 0 Å². The van der Waals surface area contributed by atoms with Crippen molar-refractivity contribution in [3.05, 3.63) is 11.6 Å². The average molecular weight is 312 g/mol. The Morgan fingerprint density at radius 1 is 1.48 bits per heavy atom. The van der Waals surface area contributed by atoms with E-state index in [4.69, 9.17) is 9.47 Å². The van der Waals surface area contributed by atoms with Gasteiger partial charge in [-0.2, -0.15) is 0 Å². The van der Waals surface area contributed by atoms with Gasteiger partial charge in [0, 0.05) is 30.6 Å². The van der Waals surface area contributed by atoms with Gasteiger partial charge in [0.1, 0.15) is 5.60 Å². The standard InChI is InChI=1S/C15H24N2O3S/c1-15(2,3)20-14(18)17-9-5-4-6-12(17)7-10-19-13-16-8-11-21-13/h8,11-12H,4-7,9-10H2,1-3H3/t12-/m1/s1. The van der Waals surface area contributed by atoms with Crippen molar-refractivity contribution in [2.24, 2.45) is 0 Å². The van der Waals surface area contributed by atoms with Gasteiger partial charge in [-0.1, -0.05) is 11.3 Å². The van der Waals surface area contributed by atoms with Crippen molar-refractivity contribution in [1.29, 1.82) is 0 Å². The summed E-state index contributed by atoms with van der Waals surface area (Å²) >= 11 is 1.49. The number of carbonyl (C=O) groups excluding carboxylic acids is 1. The van der Waals surface area contributed by atoms with E-state index in [2.05, 4.69) is 4.98 Å². The zero-order valence-corrected chi connectivity index (χ0v) is 13.8. The molecular formula is C15H24N2O3S. The van der Waals surface area contributed by atoms with Crippen molar-refractivity contribution in [2.45, 2.75) is 58.1 Å². The van der Waals surface area contributed by atoms with Crippen LogP contribution in [0.4, 0.5) is 4.79 Å². The minimum absolute atomic E-state index is 0.202. The van der Waals surface area contributed by atoms with Gasteiger partial charge >= 0.3 is 6.09 Å². The smallest absolute Gasteiger partial charge is 0.410 e. The topological polar surface area (TPSA) is 51.7 Å². The fourth-order valence-electron chi connectivity index (χ4n) is 2.43. The highest BCUT2D eigenvalue weighted by molar-refractivity contribution is 7.11. The fourth-order valence-corrected chi connectivity index (χ4v) is 2.94. The van der Waals surface area contributed by atoms with Crippen molar-refractivity contribution in [2.75, 3.05) is 13.2 Å². The van der Waals surface area contributed by atoms with Gasteiger partial charge in [0.25, 0.3) is 5.19 Å². The number of thiazole rings is 1. The Labute approximate surface area is 130 Å². The summed E-state index contributed by atoms with van der Waals surface area (Å²) in [5.74, 6) is 0. The molecule has 1 saturated heterocycles. The maximum Gasteiger partial charge on any atom is 0.410 e. The summed E-state index contributed by atoms with van der Waals surface area (Å²) in [7, 11) is 0. The maximum absolute atomic E-state index is 12.3. The lowest BCUT2D eigenvalue weighted by Crippen LogP contribution is -2.46. The molecule has 0 aliphatic carbocycles. The molecule has 1 amide bonds. The van der Waals surface area contributed by atoms with E-state index in [0.717, 1.165) is 32.2 Å². The molecule has 0 spiro atoms. The Kier molecular flexibility index (Phi) is 5.45. The molecule has 0 saturated carbocycles. The molecule has 0 aromatic carbocycles. The van der Waals surface area contributed by atoms with E-state index in [-0.39, 0.29) is 12.1 Å². The van der Waals surface area contributed by atoms with Gasteiger partial charge in [0.05, 0.1) is 6.61 Å². The Balaban J connectivity index is 1.84. The zero-order chi connectivity index (χ0) is 15.3. The second kappa shape index (κ2) is 7.11. The van der Waals surface area contributed by atoms with Gasteiger partial charge in [-0.25, -0.2) is 9.78 Å². The normalized spacial score (nSPS) is 19.4. The molecular weight excluding hydrogens is 288 g/mol. The third-order valence-electron chi connectivity index (χ3n) is 3.34. The third kappa shape index (κ3) is 5.19. The summed E-state index contributed by atoms with van der Waals surface area (Å²) in [6.45, 7) is 7.05. The van der Waals surface area contributed by atoms with Crippen LogP contribution in [0.25, 0.3) is 0 Å². The second-order valence-electron chi connectivity index (χ2n) is 6.26. The SMILES string of the molecule is CC(C)(C)OC(=O)N1CCCC[C@@H]1CCOc1nccs1. The van der Waals surface area contributed by atoms with E-state index in [1.54, 1.807) is 6.20 Å². The first-order chi connectivity index (χ1) is 9.96. The first kappa shape index (κ1) is 16.1. The summed E-state index contributed by atoms with van der Waals surface area (Å²) in [5.41, 5.74) is -0.448. The summed E-state index contributed by atoms with van der Waals surface area (Å²) < 4.78 is 11.1. The lowest BCUT2D eigenvalue weighted by molar-refractivity contribution is 0.00743. The monoisotopic (exact) mass is 312 g/mol. The molecule has 1 aromatic heterocycles. The van der Waals surface area contributed by atoms with Crippen LogP contribution >= 0.6 is 11.3 Å². The number of ether oxygens (including phenoxy) is 2. The molecule has 2 rings (SSSR count). The molecule has 0 unspecified atom stereocenters. The van der Waals surface area contributed by atoms with Crippen LogP contribution < -0.4 is 4.74 Å². The molecule has 0 radical (unpaired) electrons. The molecule has 6 heteroatoms. The van der Waals surface area contributed by atoms with Gasteiger partial charge in [-0.3, -0.25) is 0 Å². The van der Waals surface area contributed by atoms with Crippen LogP contribution in [0.1, 0.15) is 46.5 Å². The number of likely N-dealkylation sites (tertiary alicyclic amines) is 1. The Hall–Kier alpha value is -1.30. The van der Waals surface area contributed by atoms with Crippen LogP contribution in [0.3, 0.4) is 0 Å². The summed E-state index contributed by atoms with van der Waals surface area (Å²) in [5, 5.41) is 2.58. The van der Waals surface area contributed by atoms with E-state index in [1.807, 2.05) is 31.1 Å². The molecule has 1 atom stereocenters. The van der Waals surface area contributed by atoms with Gasteiger partial charge in [-0.05, 0) is 40.0 Å². The molecule has 1 aliphatic heterocycles. The second-order valence-corrected chi connectivity index (χ2v) is 7.12. The predicted molar refractivity (Wildman–Crippen MR) is 82.8 cm³/mol. The van der Waals surface area contributed by atoms with E-state index < -0.39 is 5.60 Å². The lowest BCUT2D eigenvalue weighted by Gasteiger charge is -2.36. The number of aromatic nitrogens is 1. The molecule has 0 N–H and O–H groups in total. The minimum atomic E-state index is -0.448. The van der Waals surface area contributed by atoms with Crippen molar-refractivity contribution in [1.82, 2.24) is 9.88 Å². The summed E-state index contributed by atoms with van der Waals surface area (Å²) in [6, 6.07) is 0.202. The predicted octanol–water partition coefficient (Wildman–Crippen LogP) is 3.70. The third-order valence-corrected chi connectivity index (χ3v) is 4.02. The van der Waals surface area contributed by atoms with Gasteiger partial charge in [-0.15, -0.1) is 0 Å². The fraction of sp³-hybridized carbons (Fsp3) is 0.733. The van der Waals surface area contributed by atoms with E-state index in [1.165, 1.54) is 11.3 Å². The van der Waals surface area contributed by atoms with Crippen molar-refractivity contribution < 1.29 is 14.3 Å². The number of rotatable bonds is 4. The summed E-state index contributed by atoms with van der Waals surface area (Å²) in [6.07, 6.45) is 5.55. The number of nitrogens with zero attached hydrogens (tertiary/aromatic N) is 2. The molecule has 2 heterocycles. The number of hydrogen-bond donors (Lipinski definition) is 0. The lowest BCUT2D eigenvalue weighted by atomic mass is 10.0. The minimum Gasteiger partial charge on any atom is -0.470 e. The van der Waals surface area contributed by atoms with Crippen LogP contribution in [-0.4, -0.2) is 40.8 Å². The Bertz CT molecular complexity index is 442. The van der Waals surface area contributed by atoms with Crippen LogP contribution in [-0.2, 0) is 4.74 Å². The van der Waals surface area contributed by atoms with Gasteiger partial charge < -0.3 is 14.4 Å². The number of amides is 1. The maximum atomic E-state index is 12.3. The van der Waals surface area contributed by atoms with Crippen LogP contribution in [0.5, 0.6) is 5.19 Å². The van der Waals surface area contributed by atoms with E-state index >= 15 is 0 Å². The molecule has 0 bridgehead atoms. The van der Waals surface area contributed by atoms with Crippen LogP contribution in [0.15, 0.2) is 11.6 Å². The van der Waals surface area contributed by atoms with E-state index in [9.17, 15) is 4.79 Å². The summed E-state index contributed by atoms with van der Waals surface area (Å²) in [4.78, 5) is 18.2. The molecule has 118 valence electrons. The quantitative estimate of drug-likeness (QED) is 0.850. The van der Waals surface area contributed by atoms with Gasteiger partial charge in [0.15, 0.2) is 0 Å². The Morgan fingerprint density at radius 3 is 2.95 bits per heavy atom. The number of hydrogen-bond acceptors (Lipinski definition) is 5. The highest BCUT2D eigenvalue weighted by Crippen LogP contribution is 2.23. The van der Waals surface area contributed by atoms with Crippen molar-refractivity contribution >= 4 is 17.4 Å². The molecule has 1 aliphatic rings. The number of carbonyl (C=O) groups is 1. The first-order valence-corrected chi connectivity index (χ1v) is 8.35. The Morgan fingerprint density at radius 2 is 2.29 bits per heavy atom. The van der Waals surface area contributed by atoms with E-state index in [0.29, 0.717) is 11.8 Å². The molecule has 21 heavy (non-hydrogen) atoms. The molecule has 5 nitrogen and oxygen atoms in total. The molecule has 1 aromatic rings. The largest absolute Gasteiger partial charge is 0.470 e. The van der Waals surface area contributed by atoms with Crippen molar-refractivity contribution in [3.8, 4) is 5.19 Å². The zero-order valence-electron chi connectivity index (χ0n) is 13.0. The highest BCUT2D eigenvalue weighted by Gasteiger charge is 2.30. The molecule has 1 fully saturated rings. The average Bonchev–Trinajstić information content (AvgIpc) is 2.90. The van der Waals surface area contributed by atoms with Crippen LogP contribution in [0.2, 0.25) is 0 Å².